The highest BCUT2D eigenvalue weighted by atomic mass is 16.5. The van der Waals surface area contributed by atoms with Crippen molar-refractivity contribution in [2.45, 2.75) is 19.4 Å². The maximum atomic E-state index is 12.8. The van der Waals surface area contributed by atoms with Crippen molar-refractivity contribution in [3.63, 3.8) is 0 Å². The fourth-order valence-electron chi connectivity index (χ4n) is 3.94. The van der Waals surface area contributed by atoms with Crippen molar-refractivity contribution < 1.29 is 19.0 Å². The number of ether oxygens (including phenoxy) is 3. The van der Waals surface area contributed by atoms with Crippen molar-refractivity contribution in [3.05, 3.63) is 36.2 Å². The first-order valence-electron chi connectivity index (χ1n) is 11.4. The summed E-state index contributed by atoms with van der Waals surface area (Å²) in [5.74, 6) is 1.71. The van der Waals surface area contributed by atoms with E-state index in [2.05, 4.69) is 30.6 Å². The van der Waals surface area contributed by atoms with Gasteiger partial charge in [0.05, 0.1) is 27.0 Å². The first kappa shape index (κ1) is 24.3. The Morgan fingerprint density at radius 3 is 2.40 bits per heavy atom. The third-order valence-electron chi connectivity index (χ3n) is 5.81. The summed E-state index contributed by atoms with van der Waals surface area (Å²) in [5, 5.41) is 10.7. The van der Waals surface area contributed by atoms with E-state index in [0.29, 0.717) is 46.0 Å². The molecule has 0 unspecified atom stereocenters. The lowest BCUT2D eigenvalue weighted by atomic mass is 10.2. The number of nitrogens with one attached hydrogen (secondary N) is 2. The average molecular weight is 482 g/mol. The molecule has 1 saturated heterocycles. The number of anilines is 2. The van der Waals surface area contributed by atoms with Gasteiger partial charge in [-0.1, -0.05) is 0 Å². The molecule has 11 nitrogen and oxygen atoms in total. The quantitative estimate of drug-likeness (QED) is 0.450. The molecule has 1 aliphatic rings. The Kier molecular flexibility index (Phi) is 7.35. The largest absolute Gasteiger partial charge is 0.493 e. The Morgan fingerprint density at radius 1 is 1.09 bits per heavy atom. The maximum Gasteiger partial charge on any atom is 0.269 e. The molecule has 186 valence electrons. The first-order valence-corrected chi connectivity index (χ1v) is 11.4. The molecule has 1 aromatic carbocycles. The highest BCUT2D eigenvalue weighted by Gasteiger charge is 2.21. The average Bonchev–Trinajstić information content (AvgIpc) is 3.22. The second-order valence-electron chi connectivity index (χ2n) is 8.37. The number of rotatable bonds is 10. The Balaban J connectivity index is 1.51. The summed E-state index contributed by atoms with van der Waals surface area (Å²) in [7, 11) is 6.40. The van der Waals surface area contributed by atoms with E-state index < -0.39 is 0 Å². The molecule has 1 aliphatic heterocycles. The number of benzene rings is 1. The van der Waals surface area contributed by atoms with Gasteiger partial charge < -0.3 is 29.7 Å². The number of hydrogen-bond acceptors (Lipinski definition) is 9. The van der Waals surface area contributed by atoms with Crippen molar-refractivity contribution in [3.8, 4) is 28.6 Å². The molecule has 1 fully saturated rings. The summed E-state index contributed by atoms with van der Waals surface area (Å²) in [4.78, 5) is 24.0. The number of likely N-dealkylation sites (tertiary alicyclic amines) is 1. The lowest BCUT2D eigenvalue weighted by Crippen LogP contribution is -2.47. The molecule has 4 rings (SSSR count). The Labute approximate surface area is 204 Å². The molecule has 0 aliphatic carbocycles. The third kappa shape index (κ3) is 5.46. The minimum Gasteiger partial charge on any atom is -0.493 e. The van der Waals surface area contributed by atoms with Crippen LogP contribution in [0.4, 0.5) is 11.6 Å². The van der Waals surface area contributed by atoms with Gasteiger partial charge in [0.25, 0.3) is 5.91 Å². The zero-order valence-corrected chi connectivity index (χ0v) is 20.7. The fourth-order valence-corrected chi connectivity index (χ4v) is 3.94. The smallest absolute Gasteiger partial charge is 0.269 e. The van der Waals surface area contributed by atoms with Crippen LogP contribution in [0.3, 0.4) is 0 Å². The number of methoxy groups -OCH3 is 3. The Hall–Kier alpha value is -3.86. The normalized spacial score (nSPS) is 14.1. The van der Waals surface area contributed by atoms with Crippen molar-refractivity contribution in [2.75, 3.05) is 46.3 Å². The molecule has 0 radical (unpaired) electrons. The van der Waals surface area contributed by atoms with Gasteiger partial charge in [0, 0.05) is 43.7 Å². The Bertz CT molecular complexity index is 1170. The maximum absolute atomic E-state index is 12.8. The predicted molar refractivity (Wildman–Crippen MR) is 132 cm³/mol. The zero-order chi connectivity index (χ0) is 24.9. The van der Waals surface area contributed by atoms with Gasteiger partial charge in [-0.05, 0) is 38.6 Å². The molecule has 3 heterocycles. The number of hydrogen-bond donors (Lipinski definition) is 2. The Morgan fingerprint density at radius 2 is 1.80 bits per heavy atom. The van der Waals surface area contributed by atoms with Gasteiger partial charge in [-0.2, -0.15) is 5.10 Å². The summed E-state index contributed by atoms with van der Waals surface area (Å²) in [5.41, 5.74) is 2.28. The number of amides is 1. The standard InChI is InChI=1S/C24H31N7O4/c1-15(14-31-9-6-10-31)26-23(32)19-13-18(29-30(19)2)17-7-8-25-24(28-17)27-16-11-20(33-3)22(35-5)21(12-16)34-4/h7-8,11-13,15H,6,9-10,14H2,1-5H3,(H,26,32)(H,25,27,28)/t15-/m0/s1. The second-order valence-corrected chi connectivity index (χ2v) is 8.37. The van der Waals surface area contributed by atoms with Crippen LogP contribution < -0.4 is 24.8 Å². The van der Waals surface area contributed by atoms with Crippen LogP contribution in [0.2, 0.25) is 0 Å². The van der Waals surface area contributed by atoms with Crippen LogP contribution in [0, 0.1) is 0 Å². The van der Waals surface area contributed by atoms with Crippen LogP contribution in [0.5, 0.6) is 17.2 Å². The highest BCUT2D eigenvalue weighted by Crippen LogP contribution is 2.40. The fraction of sp³-hybridized carbons (Fsp3) is 0.417. The summed E-state index contributed by atoms with van der Waals surface area (Å²) in [6.45, 7) is 5.05. The van der Waals surface area contributed by atoms with Crippen LogP contribution in [0.15, 0.2) is 30.5 Å². The first-order chi connectivity index (χ1) is 16.9. The van der Waals surface area contributed by atoms with Gasteiger partial charge >= 0.3 is 0 Å². The van der Waals surface area contributed by atoms with Crippen molar-refractivity contribution in [1.29, 1.82) is 0 Å². The minimum atomic E-state index is -0.163. The van der Waals surface area contributed by atoms with Crippen molar-refractivity contribution in [2.24, 2.45) is 7.05 Å². The SMILES string of the molecule is COc1cc(Nc2nccc(-c3cc(C(=O)N[C@@H](C)CN4CCC4)n(C)n3)n2)cc(OC)c1OC. The molecule has 2 aromatic heterocycles. The van der Waals surface area contributed by atoms with Crippen LogP contribution in [0.25, 0.3) is 11.4 Å². The predicted octanol–water partition coefficient (Wildman–Crippen LogP) is 2.47. The summed E-state index contributed by atoms with van der Waals surface area (Å²) in [6.07, 6.45) is 2.85. The van der Waals surface area contributed by atoms with Gasteiger partial charge in [-0.3, -0.25) is 9.48 Å². The van der Waals surface area contributed by atoms with E-state index in [0.717, 1.165) is 19.6 Å². The van der Waals surface area contributed by atoms with Gasteiger partial charge in [-0.15, -0.1) is 0 Å². The van der Waals surface area contributed by atoms with Gasteiger partial charge in [0.15, 0.2) is 11.5 Å². The molecular weight excluding hydrogens is 450 g/mol. The molecule has 0 bridgehead atoms. The summed E-state index contributed by atoms with van der Waals surface area (Å²) < 4.78 is 17.7. The third-order valence-corrected chi connectivity index (χ3v) is 5.81. The number of aryl methyl sites for hydroxylation is 1. The number of aromatic nitrogens is 4. The molecular formula is C24H31N7O4. The molecule has 2 N–H and O–H groups in total. The minimum absolute atomic E-state index is 0.0504. The van der Waals surface area contributed by atoms with Crippen molar-refractivity contribution in [1.82, 2.24) is 30.0 Å². The molecule has 35 heavy (non-hydrogen) atoms. The van der Waals surface area contributed by atoms with E-state index in [1.165, 1.54) is 6.42 Å². The highest BCUT2D eigenvalue weighted by molar-refractivity contribution is 5.93. The van der Waals surface area contributed by atoms with Crippen LogP contribution in [-0.2, 0) is 7.05 Å². The van der Waals surface area contributed by atoms with E-state index in [1.54, 1.807) is 63.5 Å². The molecule has 0 saturated carbocycles. The van der Waals surface area contributed by atoms with Gasteiger partial charge in [-0.25, -0.2) is 9.97 Å². The number of nitrogens with zero attached hydrogens (tertiary/aromatic N) is 5. The van der Waals surface area contributed by atoms with Gasteiger partial charge in [0.2, 0.25) is 11.7 Å². The molecule has 3 aromatic rings. The monoisotopic (exact) mass is 481 g/mol. The van der Waals surface area contributed by atoms with Crippen LogP contribution >= 0.6 is 0 Å². The van der Waals surface area contributed by atoms with E-state index >= 15 is 0 Å². The lowest BCUT2D eigenvalue weighted by Gasteiger charge is -2.33. The summed E-state index contributed by atoms with van der Waals surface area (Å²) in [6, 6.07) is 7.06. The van der Waals surface area contributed by atoms with Gasteiger partial charge in [0.1, 0.15) is 11.4 Å². The molecule has 1 amide bonds. The number of carbonyl (C=O) groups excluding carboxylic acids is 1. The lowest BCUT2D eigenvalue weighted by molar-refractivity contribution is 0.0905. The van der Waals surface area contributed by atoms with E-state index in [4.69, 9.17) is 14.2 Å². The van der Waals surface area contributed by atoms with E-state index in [9.17, 15) is 4.79 Å². The van der Waals surface area contributed by atoms with E-state index in [-0.39, 0.29) is 11.9 Å². The van der Waals surface area contributed by atoms with Crippen molar-refractivity contribution >= 4 is 17.5 Å². The summed E-state index contributed by atoms with van der Waals surface area (Å²) >= 11 is 0. The molecule has 1 atom stereocenters. The van der Waals surface area contributed by atoms with Crippen LogP contribution in [-0.4, -0.2) is 77.6 Å². The van der Waals surface area contributed by atoms with E-state index in [1.807, 2.05) is 6.92 Å². The number of carbonyl (C=O) groups is 1. The van der Waals surface area contributed by atoms with Crippen LogP contribution in [0.1, 0.15) is 23.8 Å². The molecule has 0 spiro atoms. The second kappa shape index (κ2) is 10.6. The zero-order valence-electron chi connectivity index (χ0n) is 20.7. The molecule has 11 heteroatoms. The topological polar surface area (TPSA) is 116 Å².